The van der Waals surface area contributed by atoms with Crippen molar-refractivity contribution in [2.75, 3.05) is 11.9 Å². The molecule has 0 fully saturated rings. The van der Waals surface area contributed by atoms with E-state index in [-0.39, 0.29) is 5.91 Å². The van der Waals surface area contributed by atoms with Crippen LogP contribution < -0.4 is 4.90 Å². The summed E-state index contributed by atoms with van der Waals surface area (Å²) in [5, 5.41) is 7.87. The molecule has 106 valence electrons. The molecule has 2 aromatic carbocycles. The minimum Gasteiger partial charge on any atom is -0.311 e. The van der Waals surface area contributed by atoms with Gasteiger partial charge in [0.1, 0.15) is 0 Å². The van der Waals surface area contributed by atoms with Crippen molar-refractivity contribution in [2.24, 2.45) is 0 Å². The minimum absolute atomic E-state index is 0.0292. The van der Waals surface area contributed by atoms with Crippen LogP contribution in [-0.2, 0) is 0 Å². The maximum Gasteiger partial charge on any atom is 0.258 e. The van der Waals surface area contributed by atoms with Crippen LogP contribution in [0.1, 0.15) is 21.5 Å². The fourth-order valence-electron chi connectivity index (χ4n) is 2.55. The van der Waals surface area contributed by atoms with Crippen LogP contribution in [0, 0.1) is 13.8 Å². The molecule has 0 atom stereocenters. The first-order valence-electron chi connectivity index (χ1n) is 6.85. The van der Waals surface area contributed by atoms with E-state index in [0.29, 0.717) is 5.56 Å². The topological polar surface area (TPSA) is 49.0 Å². The zero-order chi connectivity index (χ0) is 15.0. The van der Waals surface area contributed by atoms with Crippen molar-refractivity contribution in [1.29, 1.82) is 0 Å². The molecule has 4 heteroatoms. The quantitative estimate of drug-likeness (QED) is 0.781. The van der Waals surface area contributed by atoms with Crippen molar-refractivity contribution in [1.82, 2.24) is 10.2 Å². The van der Waals surface area contributed by atoms with E-state index in [1.54, 1.807) is 18.1 Å². The molecule has 0 aliphatic heterocycles. The second kappa shape index (κ2) is 5.05. The van der Waals surface area contributed by atoms with Crippen molar-refractivity contribution in [3.05, 3.63) is 59.3 Å². The van der Waals surface area contributed by atoms with E-state index < -0.39 is 0 Å². The molecule has 0 radical (unpaired) electrons. The number of rotatable bonds is 2. The third-order valence-electron chi connectivity index (χ3n) is 3.71. The zero-order valence-corrected chi connectivity index (χ0v) is 12.3. The van der Waals surface area contributed by atoms with Crippen LogP contribution in [0.2, 0.25) is 0 Å². The van der Waals surface area contributed by atoms with Crippen LogP contribution in [0.3, 0.4) is 0 Å². The first-order valence-corrected chi connectivity index (χ1v) is 6.85. The van der Waals surface area contributed by atoms with Gasteiger partial charge >= 0.3 is 0 Å². The largest absolute Gasteiger partial charge is 0.311 e. The number of hydrogen-bond donors (Lipinski definition) is 1. The van der Waals surface area contributed by atoms with E-state index in [1.165, 1.54) is 5.56 Å². The molecule has 0 bridgehead atoms. The maximum atomic E-state index is 12.6. The molecule has 3 rings (SSSR count). The van der Waals surface area contributed by atoms with Gasteiger partial charge in [0.25, 0.3) is 5.91 Å². The number of amides is 1. The number of aromatic nitrogens is 2. The summed E-state index contributed by atoms with van der Waals surface area (Å²) < 4.78 is 0. The number of anilines is 1. The lowest BCUT2D eigenvalue weighted by Crippen LogP contribution is -2.26. The van der Waals surface area contributed by atoms with Crippen molar-refractivity contribution in [3.8, 4) is 0 Å². The number of carbonyl (C=O) groups is 1. The molecule has 0 aliphatic carbocycles. The molecule has 0 saturated heterocycles. The molecular weight excluding hydrogens is 262 g/mol. The van der Waals surface area contributed by atoms with Gasteiger partial charge in [-0.25, -0.2) is 0 Å². The van der Waals surface area contributed by atoms with Crippen LogP contribution in [0.5, 0.6) is 0 Å². The van der Waals surface area contributed by atoms with Gasteiger partial charge in [-0.2, -0.15) is 5.10 Å². The number of aryl methyl sites for hydroxylation is 2. The van der Waals surface area contributed by atoms with Gasteiger partial charge in [-0.1, -0.05) is 23.8 Å². The summed E-state index contributed by atoms with van der Waals surface area (Å²) in [6.45, 7) is 4.06. The Hall–Kier alpha value is -2.62. The van der Waals surface area contributed by atoms with E-state index in [2.05, 4.69) is 16.3 Å². The number of nitrogens with zero attached hydrogens (tertiary/aromatic N) is 2. The lowest BCUT2D eigenvalue weighted by molar-refractivity contribution is 0.0993. The van der Waals surface area contributed by atoms with Gasteiger partial charge < -0.3 is 4.90 Å². The fraction of sp³-hybridized carbons (Fsp3) is 0.176. The van der Waals surface area contributed by atoms with Crippen molar-refractivity contribution < 1.29 is 4.79 Å². The third kappa shape index (κ3) is 2.40. The number of carbonyl (C=O) groups excluding carboxylic acids is 1. The second-order valence-corrected chi connectivity index (χ2v) is 5.33. The Balaban J connectivity index is 1.96. The van der Waals surface area contributed by atoms with Crippen molar-refractivity contribution in [3.63, 3.8) is 0 Å². The Morgan fingerprint density at radius 1 is 1.14 bits per heavy atom. The van der Waals surface area contributed by atoms with Crippen LogP contribution in [-0.4, -0.2) is 23.2 Å². The molecule has 3 aromatic rings. The number of fused-ring (bicyclic) bond motifs is 1. The predicted molar refractivity (Wildman–Crippen MR) is 84.7 cm³/mol. The van der Waals surface area contributed by atoms with Gasteiger partial charge in [-0.05, 0) is 37.6 Å². The molecule has 4 nitrogen and oxygen atoms in total. The highest BCUT2D eigenvalue weighted by Gasteiger charge is 2.15. The average molecular weight is 279 g/mol. The van der Waals surface area contributed by atoms with Gasteiger partial charge in [0.2, 0.25) is 0 Å². The van der Waals surface area contributed by atoms with Gasteiger partial charge in [0, 0.05) is 23.7 Å². The van der Waals surface area contributed by atoms with E-state index in [4.69, 9.17) is 0 Å². The number of hydrogen-bond acceptors (Lipinski definition) is 2. The standard InChI is InChI=1S/C17H17N3O/c1-11-4-7-16(12(2)8-11)20(3)17(21)13-5-6-14-10-18-19-15(14)9-13/h4-10H,1-3H3,(H,18,19). The third-order valence-corrected chi connectivity index (χ3v) is 3.71. The smallest absolute Gasteiger partial charge is 0.258 e. The highest BCUT2D eigenvalue weighted by molar-refractivity contribution is 6.07. The second-order valence-electron chi connectivity index (χ2n) is 5.33. The Morgan fingerprint density at radius 3 is 2.71 bits per heavy atom. The Kier molecular flexibility index (Phi) is 3.22. The van der Waals surface area contributed by atoms with E-state index >= 15 is 0 Å². The molecule has 1 aromatic heterocycles. The molecule has 1 heterocycles. The van der Waals surface area contributed by atoms with E-state index in [0.717, 1.165) is 22.2 Å². The Morgan fingerprint density at radius 2 is 1.95 bits per heavy atom. The molecule has 1 amide bonds. The van der Waals surface area contributed by atoms with Gasteiger partial charge in [-0.3, -0.25) is 9.89 Å². The normalized spacial score (nSPS) is 10.8. The number of nitrogens with one attached hydrogen (secondary N) is 1. The van der Waals surface area contributed by atoms with Crippen LogP contribution >= 0.6 is 0 Å². The first-order chi connectivity index (χ1) is 10.1. The first kappa shape index (κ1) is 13.4. The summed E-state index contributed by atoms with van der Waals surface area (Å²) >= 11 is 0. The van der Waals surface area contributed by atoms with Crippen LogP contribution in [0.25, 0.3) is 10.9 Å². The molecule has 0 unspecified atom stereocenters. The highest BCUT2D eigenvalue weighted by Crippen LogP contribution is 2.22. The summed E-state index contributed by atoms with van der Waals surface area (Å²) in [6, 6.07) is 11.7. The number of H-pyrrole nitrogens is 1. The van der Waals surface area contributed by atoms with Gasteiger partial charge in [0.15, 0.2) is 0 Å². The van der Waals surface area contributed by atoms with E-state index in [1.807, 2.05) is 44.2 Å². The SMILES string of the molecule is Cc1ccc(N(C)C(=O)c2ccc3cn[nH]c3c2)c(C)c1. The van der Waals surface area contributed by atoms with Crippen molar-refractivity contribution >= 4 is 22.5 Å². The minimum atomic E-state index is -0.0292. The number of aromatic amines is 1. The Bertz CT molecular complexity index is 820. The van der Waals surface area contributed by atoms with Crippen LogP contribution in [0.15, 0.2) is 42.6 Å². The fourth-order valence-corrected chi connectivity index (χ4v) is 2.55. The zero-order valence-electron chi connectivity index (χ0n) is 12.3. The monoisotopic (exact) mass is 279 g/mol. The average Bonchev–Trinajstić information content (AvgIpc) is 2.93. The maximum absolute atomic E-state index is 12.6. The lowest BCUT2D eigenvalue weighted by atomic mass is 10.1. The molecule has 1 N–H and O–H groups in total. The highest BCUT2D eigenvalue weighted by atomic mass is 16.2. The summed E-state index contributed by atoms with van der Waals surface area (Å²) in [6.07, 6.45) is 1.75. The number of benzene rings is 2. The van der Waals surface area contributed by atoms with Crippen molar-refractivity contribution in [2.45, 2.75) is 13.8 Å². The molecule has 21 heavy (non-hydrogen) atoms. The summed E-state index contributed by atoms with van der Waals surface area (Å²) in [4.78, 5) is 14.3. The summed E-state index contributed by atoms with van der Waals surface area (Å²) in [5.74, 6) is -0.0292. The van der Waals surface area contributed by atoms with Crippen LogP contribution in [0.4, 0.5) is 5.69 Å². The molecule has 0 saturated carbocycles. The molecule has 0 aliphatic rings. The van der Waals surface area contributed by atoms with E-state index in [9.17, 15) is 4.79 Å². The lowest BCUT2D eigenvalue weighted by Gasteiger charge is -2.20. The van der Waals surface area contributed by atoms with Gasteiger partial charge in [0.05, 0.1) is 11.7 Å². The summed E-state index contributed by atoms with van der Waals surface area (Å²) in [5.41, 5.74) is 4.73. The Labute approximate surface area is 123 Å². The summed E-state index contributed by atoms with van der Waals surface area (Å²) in [7, 11) is 1.80. The van der Waals surface area contributed by atoms with Gasteiger partial charge in [-0.15, -0.1) is 0 Å². The molecule has 0 spiro atoms. The predicted octanol–water partition coefficient (Wildman–Crippen LogP) is 3.46. The molecular formula is C17H17N3O.